The molecule has 18 heavy (non-hydrogen) atoms. The number of halogens is 2. The fraction of sp³-hybridized carbons (Fsp3) is 0.0909. The zero-order chi connectivity index (χ0) is 13.1. The highest BCUT2D eigenvalue weighted by atomic mass is 35.5. The molecule has 94 valence electrons. The van der Waals surface area contributed by atoms with Crippen LogP contribution in [0.15, 0.2) is 23.6 Å². The van der Waals surface area contributed by atoms with Gasteiger partial charge in [-0.15, -0.1) is 11.3 Å². The second kappa shape index (κ2) is 5.32. The van der Waals surface area contributed by atoms with E-state index in [1.54, 1.807) is 11.4 Å². The summed E-state index contributed by atoms with van der Waals surface area (Å²) >= 11 is 6.82. The van der Waals surface area contributed by atoms with Crippen LogP contribution in [0, 0.1) is 5.82 Å². The van der Waals surface area contributed by atoms with Crippen LogP contribution >= 0.6 is 22.9 Å². The zero-order valence-electron chi connectivity index (χ0n) is 8.98. The van der Waals surface area contributed by atoms with Crippen molar-refractivity contribution in [1.82, 2.24) is 4.98 Å². The van der Waals surface area contributed by atoms with Crippen molar-refractivity contribution in [3.8, 4) is 0 Å². The van der Waals surface area contributed by atoms with Crippen LogP contribution in [0.1, 0.15) is 5.69 Å². The van der Waals surface area contributed by atoms with Crippen LogP contribution in [0.5, 0.6) is 0 Å². The Kier molecular flexibility index (Phi) is 3.78. The molecule has 0 spiro atoms. The van der Waals surface area contributed by atoms with E-state index < -0.39 is 11.8 Å². The standard InChI is InChI=1S/C11H8ClFN2O2S/c12-8-2-1-6(3-9(8)13)14-11-15-7(5-18-11)4-10(16)17/h1-3,5H,4H2,(H,14,15)(H,16,17). The number of hydrogen-bond donors (Lipinski definition) is 2. The summed E-state index contributed by atoms with van der Waals surface area (Å²) in [5, 5.41) is 13.7. The number of thiazole rings is 1. The van der Waals surface area contributed by atoms with E-state index in [1.165, 1.54) is 23.5 Å². The first-order valence-corrected chi connectivity index (χ1v) is 6.18. The smallest absolute Gasteiger partial charge is 0.309 e. The van der Waals surface area contributed by atoms with E-state index in [-0.39, 0.29) is 11.4 Å². The molecule has 7 heteroatoms. The van der Waals surface area contributed by atoms with Gasteiger partial charge in [0.1, 0.15) is 5.82 Å². The minimum atomic E-state index is -0.940. The summed E-state index contributed by atoms with van der Waals surface area (Å²) < 4.78 is 13.2. The van der Waals surface area contributed by atoms with Crippen LogP contribution in [0.2, 0.25) is 5.02 Å². The summed E-state index contributed by atoms with van der Waals surface area (Å²) in [4.78, 5) is 14.6. The molecule has 0 amide bonds. The van der Waals surface area contributed by atoms with Crippen LogP contribution < -0.4 is 5.32 Å². The number of hydrogen-bond acceptors (Lipinski definition) is 4. The molecule has 0 aliphatic heterocycles. The lowest BCUT2D eigenvalue weighted by molar-refractivity contribution is -0.136. The molecule has 0 atom stereocenters. The highest BCUT2D eigenvalue weighted by Gasteiger charge is 2.07. The fourth-order valence-electron chi connectivity index (χ4n) is 1.30. The molecule has 0 aliphatic rings. The third-order valence-electron chi connectivity index (χ3n) is 2.05. The van der Waals surface area contributed by atoms with Gasteiger partial charge in [-0.25, -0.2) is 9.37 Å². The number of carbonyl (C=O) groups is 1. The zero-order valence-corrected chi connectivity index (χ0v) is 10.6. The van der Waals surface area contributed by atoms with Crippen molar-refractivity contribution in [3.05, 3.63) is 40.1 Å². The van der Waals surface area contributed by atoms with Gasteiger partial charge in [0.25, 0.3) is 0 Å². The van der Waals surface area contributed by atoms with E-state index in [9.17, 15) is 9.18 Å². The molecule has 1 aromatic heterocycles. The Labute approximate surface area is 111 Å². The molecule has 2 rings (SSSR count). The van der Waals surface area contributed by atoms with Crippen LogP contribution in [-0.4, -0.2) is 16.1 Å². The summed E-state index contributed by atoms with van der Waals surface area (Å²) in [6, 6.07) is 4.30. The van der Waals surface area contributed by atoms with E-state index in [4.69, 9.17) is 16.7 Å². The largest absolute Gasteiger partial charge is 0.481 e. The number of nitrogens with one attached hydrogen (secondary N) is 1. The van der Waals surface area contributed by atoms with E-state index in [2.05, 4.69) is 10.3 Å². The maximum absolute atomic E-state index is 13.2. The van der Waals surface area contributed by atoms with Gasteiger partial charge in [0.2, 0.25) is 0 Å². The van der Waals surface area contributed by atoms with Crippen LogP contribution in [0.3, 0.4) is 0 Å². The van der Waals surface area contributed by atoms with Crippen LogP contribution in [0.25, 0.3) is 0 Å². The maximum Gasteiger partial charge on any atom is 0.309 e. The van der Waals surface area contributed by atoms with E-state index >= 15 is 0 Å². The monoisotopic (exact) mass is 286 g/mol. The van der Waals surface area contributed by atoms with Gasteiger partial charge in [-0.05, 0) is 18.2 Å². The predicted octanol–water partition coefficient (Wildman–Crippen LogP) is 3.31. The average Bonchev–Trinajstić information content (AvgIpc) is 2.70. The molecule has 0 saturated heterocycles. The Bertz CT molecular complexity index is 588. The highest BCUT2D eigenvalue weighted by Crippen LogP contribution is 2.24. The second-order valence-electron chi connectivity index (χ2n) is 3.47. The molecule has 2 aromatic rings. The van der Waals surface area contributed by atoms with Gasteiger partial charge < -0.3 is 10.4 Å². The molecular formula is C11H8ClFN2O2S. The molecule has 1 heterocycles. The lowest BCUT2D eigenvalue weighted by atomic mass is 10.3. The second-order valence-corrected chi connectivity index (χ2v) is 4.73. The van der Waals surface area contributed by atoms with E-state index in [0.717, 1.165) is 0 Å². The highest BCUT2D eigenvalue weighted by molar-refractivity contribution is 7.13. The van der Waals surface area contributed by atoms with Gasteiger partial charge >= 0.3 is 5.97 Å². The summed E-state index contributed by atoms with van der Waals surface area (Å²) in [6.07, 6.45) is -0.132. The van der Waals surface area contributed by atoms with Gasteiger partial charge in [-0.1, -0.05) is 11.6 Å². The number of anilines is 2. The number of carboxylic acids is 1. The Hall–Kier alpha value is -1.66. The van der Waals surface area contributed by atoms with E-state index in [1.807, 2.05) is 0 Å². The van der Waals surface area contributed by atoms with Crippen molar-refractivity contribution in [2.75, 3.05) is 5.32 Å². The van der Waals surface area contributed by atoms with Gasteiger partial charge in [0.05, 0.1) is 17.1 Å². The van der Waals surface area contributed by atoms with Gasteiger partial charge in [-0.2, -0.15) is 0 Å². The van der Waals surface area contributed by atoms with Crippen molar-refractivity contribution in [3.63, 3.8) is 0 Å². The molecular weight excluding hydrogens is 279 g/mol. The van der Waals surface area contributed by atoms with Gasteiger partial charge in [0, 0.05) is 11.1 Å². The number of nitrogens with zero attached hydrogens (tertiary/aromatic N) is 1. The minimum absolute atomic E-state index is 0.0475. The van der Waals surface area contributed by atoms with Crippen molar-refractivity contribution >= 4 is 39.7 Å². The number of aliphatic carboxylic acids is 1. The molecule has 0 radical (unpaired) electrons. The lowest BCUT2D eigenvalue weighted by Crippen LogP contribution is -2.00. The van der Waals surface area contributed by atoms with Crippen molar-refractivity contribution in [1.29, 1.82) is 0 Å². The molecule has 0 saturated carbocycles. The normalized spacial score (nSPS) is 10.3. The first kappa shape index (κ1) is 12.8. The lowest BCUT2D eigenvalue weighted by Gasteiger charge is -2.02. The molecule has 0 fully saturated rings. The summed E-state index contributed by atoms with van der Waals surface area (Å²) in [7, 11) is 0. The molecule has 0 aliphatic carbocycles. The summed E-state index contributed by atoms with van der Waals surface area (Å²) in [6.45, 7) is 0. The van der Waals surface area contributed by atoms with Crippen molar-refractivity contribution < 1.29 is 14.3 Å². The first-order valence-electron chi connectivity index (χ1n) is 4.93. The Balaban J connectivity index is 2.11. The van der Waals surface area contributed by atoms with Gasteiger partial charge in [-0.3, -0.25) is 4.79 Å². The average molecular weight is 287 g/mol. The molecule has 4 nitrogen and oxygen atoms in total. The maximum atomic E-state index is 13.2. The van der Waals surface area contributed by atoms with Crippen LogP contribution in [-0.2, 0) is 11.2 Å². The Morgan fingerprint density at radius 1 is 1.56 bits per heavy atom. The number of carboxylic acid groups (broad SMARTS) is 1. The minimum Gasteiger partial charge on any atom is -0.481 e. The predicted molar refractivity (Wildman–Crippen MR) is 68.1 cm³/mol. The third kappa shape index (κ3) is 3.18. The Morgan fingerprint density at radius 2 is 2.33 bits per heavy atom. The summed E-state index contributed by atoms with van der Waals surface area (Å²) in [5.41, 5.74) is 0.970. The fourth-order valence-corrected chi connectivity index (χ4v) is 2.15. The SMILES string of the molecule is O=C(O)Cc1csc(Nc2ccc(Cl)c(F)c2)n1. The molecule has 0 unspecified atom stereocenters. The number of rotatable bonds is 4. The van der Waals surface area contributed by atoms with E-state index in [0.29, 0.717) is 16.5 Å². The third-order valence-corrected chi connectivity index (χ3v) is 3.17. The quantitative estimate of drug-likeness (QED) is 0.905. The number of benzene rings is 1. The molecule has 2 N–H and O–H groups in total. The first-order chi connectivity index (χ1) is 8.54. The van der Waals surface area contributed by atoms with Gasteiger partial charge in [0.15, 0.2) is 5.13 Å². The van der Waals surface area contributed by atoms with Crippen molar-refractivity contribution in [2.24, 2.45) is 0 Å². The topological polar surface area (TPSA) is 62.2 Å². The molecule has 1 aromatic carbocycles. The summed E-state index contributed by atoms with van der Waals surface area (Å²) in [5.74, 6) is -1.46. The number of aromatic nitrogens is 1. The Morgan fingerprint density at radius 3 is 3.00 bits per heavy atom. The van der Waals surface area contributed by atoms with Crippen LogP contribution in [0.4, 0.5) is 15.2 Å². The molecule has 0 bridgehead atoms. The van der Waals surface area contributed by atoms with Crippen molar-refractivity contribution in [2.45, 2.75) is 6.42 Å².